The van der Waals surface area contributed by atoms with Crippen LogP contribution in [0, 0.1) is 17.4 Å². The molecule has 0 spiro atoms. The second kappa shape index (κ2) is 8.01. The smallest absolute Gasteiger partial charge is 0.298 e. The number of carbonyl (C=O) groups excluding carboxylic acids is 2. The van der Waals surface area contributed by atoms with Gasteiger partial charge >= 0.3 is 0 Å². The number of rotatable bonds is 3. The Morgan fingerprint density at radius 3 is 2.45 bits per heavy atom. The average molecular weight is 535 g/mol. The number of halogens is 2. The fraction of sp³-hybridized carbons (Fsp3) is 0.0909. The molecule has 1 saturated heterocycles. The summed E-state index contributed by atoms with van der Waals surface area (Å²) in [5, 5.41) is 0.154. The minimum Gasteiger partial charge on any atom is -0.318 e. The molecule has 0 N–H and O–H groups in total. The van der Waals surface area contributed by atoms with Gasteiger partial charge in [0.05, 0.1) is 10.6 Å². The highest BCUT2D eigenvalue weighted by molar-refractivity contribution is 14.1. The SMILES string of the molecule is Cc1cc(/C=C2/SC(=O)N(c3cccc(Cl)c3)C2=O)c(C)n1-c1cccc(I)c1. The van der Waals surface area contributed by atoms with Crippen molar-refractivity contribution in [2.24, 2.45) is 0 Å². The van der Waals surface area contributed by atoms with Gasteiger partial charge in [0.25, 0.3) is 11.1 Å². The lowest BCUT2D eigenvalue weighted by molar-refractivity contribution is -0.113. The van der Waals surface area contributed by atoms with Gasteiger partial charge in [-0.15, -0.1) is 0 Å². The summed E-state index contributed by atoms with van der Waals surface area (Å²) >= 11 is 9.26. The number of anilines is 1. The first-order chi connectivity index (χ1) is 13.8. The molecule has 1 aliphatic rings. The fourth-order valence-electron chi connectivity index (χ4n) is 3.39. The monoisotopic (exact) mass is 534 g/mol. The minimum atomic E-state index is -0.332. The topological polar surface area (TPSA) is 42.3 Å². The van der Waals surface area contributed by atoms with Crippen molar-refractivity contribution in [3.63, 3.8) is 0 Å². The number of nitrogens with zero attached hydrogens (tertiary/aromatic N) is 2. The van der Waals surface area contributed by atoms with E-state index in [9.17, 15) is 9.59 Å². The van der Waals surface area contributed by atoms with E-state index in [0.29, 0.717) is 15.6 Å². The van der Waals surface area contributed by atoms with E-state index in [0.717, 1.165) is 38.0 Å². The number of aromatic nitrogens is 1. The number of thioether (sulfide) groups is 1. The quantitative estimate of drug-likeness (QED) is 0.281. The summed E-state index contributed by atoms with van der Waals surface area (Å²) in [6.45, 7) is 4.04. The number of imide groups is 1. The first-order valence-electron chi connectivity index (χ1n) is 8.83. The number of amides is 2. The summed E-state index contributed by atoms with van der Waals surface area (Å²) < 4.78 is 3.30. The van der Waals surface area contributed by atoms with E-state index in [1.54, 1.807) is 30.3 Å². The van der Waals surface area contributed by atoms with Gasteiger partial charge in [0.2, 0.25) is 0 Å². The number of aryl methyl sites for hydroxylation is 1. The fourth-order valence-corrected chi connectivity index (χ4v) is 4.94. The summed E-state index contributed by atoms with van der Waals surface area (Å²) in [6, 6.07) is 17.0. The highest BCUT2D eigenvalue weighted by Gasteiger charge is 2.36. The first-order valence-corrected chi connectivity index (χ1v) is 11.1. The van der Waals surface area contributed by atoms with Gasteiger partial charge in [-0.2, -0.15) is 0 Å². The molecular formula is C22H16ClIN2O2S. The van der Waals surface area contributed by atoms with Crippen molar-refractivity contribution in [1.29, 1.82) is 0 Å². The molecule has 29 heavy (non-hydrogen) atoms. The maximum Gasteiger partial charge on any atom is 0.298 e. The molecule has 2 heterocycles. The Morgan fingerprint density at radius 1 is 1.00 bits per heavy atom. The normalized spacial score (nSPS) is 15.6. The van der Waals surface area contributed by atoms with E-state index in [4.69, 9.17) is 11.6 Å². The molecule has 0 aliphatic carbocycles. The van der Waals surface area contributed by atoms with Crippen molar-refractivity contribution in [2.45, 2.75) is 13.8 Å². The van der Waals surface area contributed by atoms with Crippen LogP contribution in [0.3, 0.4) is 0 Å². The van der Waals surface area contributed by atoms with Crippen LogP contribution in [0.1, 0.15) is 17.0 Å². The Bertz CT molecular complexity index is 1190. The zero-order chi connectivity index (χ0) is 20.7. The average Bonchev–Trinajstić information content (AvgIpc) is 3.10. The highest BCUT2D eigenvalue weighted by Crippen LogP contribution is 2.37. The number of hydrogen-bond acceptors (Lipinski definition) is 3. The van der Waals surface area contributed by atoms with Crippen molar-refractivity contribution in [1.82, 2.24) is 4.57 Å². The zero-order valence-corrected chi connectivity index (χ0v) is 19.4. The lowest BCUT2D eigenvalue weighted by Crippen LogP contribution is -2.27. The highest BCUT2D eigenvalue weighted by atomic mass is 127. The molecular weight excluding hydrogens is 519 g/mol. The summed E-state index contributed by atoms with van der Waals surface area (Å²) in [5.41, 5.74) is 4.54. The van der Waals surface area contributed by atoms with Crippen LogP contribution in [-0.2, 0) is 4.79 Å². The van der Waals surface area contributed by atoms with E-state index < -0.39 is 0 Å². The van der Waals surface area contributed by atoms with Crippen LogP contribution in [0.5, 0.6) is 0 Å². The molecule has 7 heteroatoms. The predicted octanol–water partition coefficient (Wildman–Crippen LogP) is 6.59. The molecule has 0 atom stereocenters. The summed E-state index contributed by atoms with van der Waals surface area (Å²) in [4.78, 5) is 27.0. The Labute approximate surface area is 191 Å². The Hall–Kier alpha value is -2.03. The molecule has 2 amide bonds. The second-order valence-corrected chi connectivity index (χ2v) is 9.31. The standard InChI is InChI=1S/C22H16ClIN2O2S/c1-13-9-15(14(2)25(13)19-8-4-6-17(24)12-19)10-20-21(27)26(22(28)29-20)18-7-3-5-16(23)11-18/h3-12H,1-2H3/b20-10+. The van der Waals surface area contributed by atoms with Crippen molar-refractivity contribution < 1.29 is 9.59 Å². The van der Waals surface area contributed by atoms with Gasteiger partial charge in [0.1, 0.15) is 0 Å². The minimum absolute atomic E-state index is 0.324. The maximum absolute atomic E-state index is 12.9. The Kier molecular flexibility index (Phi) is 5.59. The molecule has 146 valence electrons. The molecule has 3 aromatic rings. The number of hydrogen-bond donors (Lipinski definition) is 0. The number of carbonyl (C=O) groups is 2. The van der Waals surface area contributed by atoms with Gasteiger partial charge in [0.15, 0.2) is 0 Å². The second-order valence-electron chi connectivity index (χ2n) is 6.64. The van der Waals surface area contributed by atoms with Crippen LogP contribution in [0.4, 0.5) is 10.5 Å². The summed E-state index contributed by atoms with van der Waals surface area (Å²) in [5.74, 6) is -0.332. The van der Waals surface area contributed by atoms with Gasteiger partial charge in [0, 0.05) is 25.7 Å². The van der Waals surface area contributed by atoms with Crippen LogP contribution < -0.4 is 4.90 Å². The maximum atomic E-state index is 12.9. The first kappa shape index (κ1) is 20.3. The Morgan fingerprint density at radius 2 is 1.72 bits per heavy atom. The van der Waals surface area contributed by atoms with E-state index in [2.05, 4.69) is 39.3 Å². The van der Waals surface area contributed by atoms with Crippen molar-refractivity contribution in [2.75, 3.05) is 4.90 Å². The lowest BCUT2D eigenvalue weighted by Gasteiger charge is -2.12. The molecule has 0 radical (unpaired) electrons. The van der Waals surface area contributed by atoms with Gasteiger partial charge < -0.3 is 4.57 Å². The van der Waals surface area contributed by atoms with Gasteiger partial charge in [-0.05, 0) is 102 Å². The van der Waals surface area contributed by atoms with Crippen molar-refractivity contribution in [3.05, 3.63) is 85.0 Å². The molecule has 4 rings (SSSR count). The third-order valence-corrected chi connectivity index (χ3v) is 6.46. The van der Waals surface area contributed by atoms with Gasteiger partial charge in [-0.3, -0.25) is 9.59 Å². The molecule has 0 bridgehead atoms. The molecule has 2 aromatic carbocycles. The molecule has 4 nitrogen and oxygen atoms in total. The van der Waals surface area contributed by atoms with Gasteiger partial charge in [-0.25, -0.2) is 4.90 Å². The molecule has 0 saturated carbocycles. The zero-order valence-electron chi connectivity index (χ0n) is 15.6. The van der Waals surface area contributed by atoms with Crippen LogP contribution >= 0.6 is 46.0 Å². The number of benzene rings is 2. The third-order valence-electron chi connectivity index (χ3n) is 4.68. The van der Waals surface area contributed by atoms with E-state index in [-0.39, 0.29) is 11.1 Å². The van der Waals surface area contributed by atoms with Gasteiger partial charge in [-0.1, -0.05) is 23.7 Å². The predicted molar refractivity (Wildman–Crippen MR) is 128 cm³/mol. The molecule has 0 unspecified atom stereocenters. The summed E-state index contributed by atoms with van der Waals surface area (Å²) in [6.07, 6.45) is 1.79. The van der Waals surface area contributed by atoms with Crippen LogP contribution in [0.15, 0.2) is 59.5 Å². The van der Waals surface area contributed by atoms with E-state index in [1.807, 2.05) is 32.0 Å². The van der Waals surface area contributed by atoms with Crippen LogP contribution in [0.2, 0.25) is 5.02 Å². The van der Waals surface area contributed by atoms with Crippen molar-refractivity contribution >= 4 is 68.9 Å². The molecule has 1 fully saturated rings. The van der Waals surface area contributed by atoms with Crippen LogP contribution in [0.25, 0.3) is 11.8 Å². The molecule has 1 aliphatic heterocycles. The van der Waals surface area contributed by atoms with E-state index >= 15 is 0 Å². The molecule has 1 aromatic heterocycles. The van der Waals surface area contributed by atoms with Crippen LogP contribution in [-0.4, -0.2) is 15.7 Å². The van der Waals surface area contributed by atoms with E-state index in [1.165, 1.54) is 4.90 Å². The lowest BCUT2D eigenvalue weighted by atomic mass is 10.2. The third kappa shape index (κ3) is 3.89. The Balaban J connectivity index is 1.71. The van der Waals surface area contributed by atoms with Crippen molar-refractivity contribution in [3.8, 4) is 5.69 Å². The largest absolute Gasteiger partial charge is 0.318 e. The summed E-state index contributed by atoms with van der Waals surface area (Å²) in [7, 11) is 0.